The highest BCUT2D eigenvalue weighted by Crippen LogP contribution is 2.38. The molecule has 0 unspecified atom stereocenters. The minimum atomic E-state index is -0.234. The summed E-state index contributed by atoms with van der Waals surface area (Å²) in [5.41, 5.74) is 2.69. The standard InChI is InChI=1S/C19H13N3O3S3/c1-26-19-21-12-5-4-11-16(17(12)28-19)27-18(20-11)22-15(23)7-3-10-2-6-13-14(8-10)25-9-24-13/h2-8H,9H2,1H3,(H,20,22,23)/b7-3-. The molecule has 0 saturated heterocycles. The Kier molecular flexibility index (Phi) is 4.42. The molecule has 3 heterocycles. The first-order valence-electron chi connectivity index (χ1n) is 8.32. The van der Waals surface area contributed by atoms with E-state index in [4.69, 9.17) is 9.47 Å². The van der Waals surface area contributed by atoms with Crippen LogP contribution >= 0.6 is 34.4 Å². The van der Waals surface area contributed by atoms with Gasteiger partial charge in [0.05, 0.1) is 20.4 Å². The SMILES string of the molecule is CSc1nc2ccc3nc(NC(=O)/C=C\c4ccc5c(c4)OCO5)sc3c2s1. The lowest BCUT2D eigenvalue weighted by molar-refractivity contribution is -0.111. The van der Waals surface area contributed by atoms with Gasteiger partial charge in [0.1, 0.15) is 0 Å². The fourth-order valence-electron chi connectivity index (χ4n) is 2.83. The molecule has 9 heteroatoms. The van der Waals surface area contributed by atoms with Crippen molar-refractivity contribution in [1.82, 2.24) is 9.97 Å². The van der Waals surface area contributed by atoms with E-state index in [1.807, 2.05) is 36.6 Å². The van der Waals surface area contributed by atoms with E-state index >= 15 is 0 Å². The lowest BCUT2D eigenvalue weighted by Gasteiger charge is -1.98. The third-order valence-electron chi connectivity index (χ3n) is 4.12. The number of hydrogen-bond donors (Lipinski definition) is 1. The summed E-state index contributed by atoms with van der Waals surface area (Å²) in [7, 11) is 0. The van der Waals surface area contributed by atoms with Crippen molar-refractivity contribution in [3.63, 3.8) is 0 Å². The second kappa shape index (κ2) is 7.08. The Bertz CT molecular complexity index is 1250. The predicted molar refractivity (Wildman–Crippen MR) is 115 cm³/mol. The summed E-state index contributed by atoms with van der Waals surface area (Å²) in [6.07, 6.45) is 5.23. The minimum Gasteiger partial charge on any atom is -0.454 e. The van der Waals surface area contributed by atoms with Crippen molar-refractivity contribution in [3.05, 3.63) is 42.0 Å². The second-order valence-electron chi connectivity index (χ2n) is 5.90. The van der Waals surface area contributed by atoms with E-state index < -0.39 is 0 Å². The lowest BCUT2D eigenvalue weighted by Crippen LogP contribution is -2.07. The van der Waals surface area contributed by atoms with Crippen molar-refractivity contribution in [2.75, 3.05) is 18.4 Å². The third kappa shape index (κ3) is 3.21. The van der Waals surface area contributed by atoms with Crippen molar-refractivity contribution < 1.29 is 14.3 Å². The fraction of sp³-hybridized carbons (Fsp3) is 0.105. The second-order valence-corrected chi connectivity index (χ2v) is 8.95. The van der Waals surface area contributed by atoms with Gasteiger partial charge in [-0.25, -0.2) is 9.97 Å². The molecular weight excluding hydrogens is 414 g/mol. The molecule has 0 atom stereocenters. The van der Waals surface area contributed by atoms with Gasteiger partial charge in [-0.1, -0.05) is 29.2 Å². The van der Waals surface area contributed by atoms with E-state index in [0.717, 1.165) is 36.1 Å². The van der Waals surface area contributed by atoms with E-state index in [1.165, 1.54) is 17.4 Å². The number of thiazole rings is 2. The van der Waals surface area contributed by atoms with Crippen molar-refractivity contribution in [2.45, 2.75) is 4.34 Å². The maximum atomic E-state index is 12.3. The predicted octanol–water partition coefficient (Wildman–Crippen LogP) is 5.01. The Morgan fingerprint density at radius 3 is 2.75 bits per heavy atom. The zero-order valence-electron chi connectivity index (χ0n) is 14.6. The molecule has 0 radical (unpaired) electrons. The van der Waals surface area contributed by atoms with Crippen LogP contribution in [0.3, 0.4) is 0 Å². The highest BCUT2D eigenvalue weighted by molar-refractivity contribution is 8.00. The van der Waals surface area contributed by atoms with E-state index in [9.17, 15) is 4.79 Å². The normalized spacial score (nSPS) is 13.0. The number of anilines is 1. The average molecular weight is 428 g/mol. The van der Waals surface area contributed by atoms with Crippen LogP contribution in [0.4, 0.5) is 5.13 Å². The minimum absolute atomic E-state index is 0.228. The van der Waals surface area contributed by atoms with E-state index in [1.54, 1.807) is 29.2 Å². The molecule has 2 aromatic carbocycles. The van der Waals surface area contributed by atoms with Gasteiger partial charge >= 0.3 is 0 Å². The number of thioether (sulfide) groups is 1. The number of benzene rings is 2. The summed E-state index contributed by atoms with van der Waals surface area (Å²) in [4.78, 5) is 21.4. The van der Waals surface area contributed by atoms with Crippen LogP contribution in [0.2, 0.25) is 0 Å². The largest absolute Gasteiger partial charge is 0.454 e. The molecule has 28 heavy (non-hydrogen) atoms. The van der Waals surface area contributed by atoms with E-state index in [-0.39, 0.29) is 12.7 Å². The topological polar surface area (TPSA) is 73.3 Å². The Labute approximate surface area is 172 Å². The van der Waals surface area contributed by atoms with Crippen LogP contribution in [0.15, 0.2) is 40.7 Å². The summed E-state index contributed by atoms with van der Waals surface area (Å²) in [6, 6.07) is 9.46. The average Bonchev–Trinajstić information content (AvgIpc) is 3.42. The Morgan fingerprint density at radius 2 is 1.89 bits per heavy atom. The van der Waals surface area contributed by atoms with Gasteiger partial charge in [0.15, 0.2) is 21.0 Å². The van der Waals surface area contributed by atoms with Crippen LogP contribution in [-0.4, -0.2) is 28.9 Å². The molecule has 0 spiro atoms. The number of ether oxygens (including phenoxy) is 2. The fourth-order valence-corrected chi connectivity index (χ4v) is 5.49. The molecule has 1 aliphatic heterocycles. The Balaban J connectivity index is 1.36. The van der Waals surface area contributed by atoms with E-state index in [2.05, 4.69) is 15.3 Å². The van der Waals surface area contributed by atoms with Gasteiger partial charge in [-0.05, 0) is 42.2 Å². The molecule has 0 aliphatic carbocycles. The zero-order valence-corrected chi connectivity index (χ0v) is 17.0. The zero-order chi connectivity index (χ0) is 19.1. The molecule has 1 amide bonds. The third-order valence-corrected chi connectivity index (χ3v) is 7.33. The molecule has 4 aromatic rings. The summed E-state index contributed by atoms with van der Waals surface area (Å²) >= 11 is 4.74. The van der Waals surface area contributed by atoms with Gasteiger partial charge in [-0.15, -0.1) is 11.3 Å². The van der Waals surface area contributed by atoms with Gasteiger partial charge in [0.25, 0.3) is 0 Å². The summed E-state index contributed by atoms with van der Waals surface area (Å²) in [6.45, 7) is 0.228. The molecule has 0 fully saturated rings. The molecular formula is C19H13N3O3S3. The number of hydrogen-bond acceptors (Lipinski definition) is 8. The number of carbonyl (C=O) groups excluding carboxylic acids is 1. The van der Waals surface area contributed by atoms with Crippen molar-refractivity contribution in [1.29, 1.82) is 0 Å². The molecule has 1 N–H and O–H groups in total. The van der Waals surface area contributed by atoms with Crippen LogP contribution in [0.1, 0.15) is 5.56 Å². The maximum Gasteiger partial charge on any atom is 0.250 e. The monoisotopic (exact) mass is 427 g/mol. The van der Waals surface area contributed by atoms with Gasteiger partial charge in [0.2, 0.25) is 12.7 Å². The van der Waals surface area contributed by atoms with Crippen LogP contribution in [-0.2, 0) is 4.79 Å². The molecule has 2 aromatic heterocycles. The van der Waals surface area contributed by atoms with Crippen LogP contribution < -0.4 is 14.8 Å². The van der Waals surface area contributed by atoms with Gasteiger partial charge in [0, 0.05) is 6.08 Å². The Hall–Kier alpha value is -2.62. The number of amides is 1. The number of nitrogens with one attached hydrogen (secondary N) is 1. The highest BCUT2D eigenvalue weighted by atomic mass is 32.2. The molecule has 140 valence electrons. The first-order valence-corrected chi connectivity index (χ1v) is 11.2. The molecule has 0 bridgehead atoms. The van der Waals surface area contributed by atoms with Gasteiger partial charge in [-0.3, -0.25) is 10.1 Å². The first kappa shape index (κ1) is 17.5. The highest BCUT2D eigenvalue weighted by Gasteiger charge is 2.14. The van der Waals surface area contributed by atoms with Gasteiger partial charge < -0.3 is 9.47 Å². The smallest absolute Gasteiger partial charge is 0.250 e. The molecule has 1 aliphatic rings. The lowest BCUT2D eigenvalue weighted by atomic mass is 10.2. The van der Waals surface area contributed by atoms with Crippen molar-refractivity contribution in [2.24, 2.45) is 0 Å². The first-order chi connectivity index (χ1) is 13.7. The number of aromatic nitrogens is 2. The van der Waals surface area contributed by atoms with Crippen molar-refractivity contribution >= 4 is 72.0 Å². The maximum absolute atomic E-state index is 12.3. The van der Waals surface area contributed by atoms with Crippen LogP contribution in [0.25, 0.3) is 26.5 Å². The summed E-state index contributed by atoms with van der Waals surface area (Å²) < 4.78 is 13.8. The number of fused-ring (bicyclic) bond motifs is 4. The van der Waals surface area contributed by atoms with Crippen LogP contribution in [0, 0.1) is 0 Å². The quantitative estimate of drug-likeness (QED) is 0.365. The van der Waals surface area contributed by atoms with E-state index in [0.29, 0.717) is 10.9 Å². The van der Waals surface area contributed by atoms with Crippen LogP contribution in [0.5, 0.6) is 11.5 Å². The molecule has 6 nitrogen and oxygen atoms in total. The van der Waals surface area contributed by atoms with Crippen molar-refractivity contribution in [3.8, 4) is 11.5 Å². The molecule has 5 rings (SSSR count). The summed E-state index contributed by atoms with van der Waals surface area (Å²) in [5.74, 6) is 1.17. The molecule has 0 saturated carbocycles. The van der Waals surface area contributed by atoms with Gasteiger partial charge in [-0.2, -0.15) is 0 Å². The number of carbonyl (C=O) groups is 1. The number of nitrogens with zero attached hydrogens (tertiary/aromatic N) is 2. The number of rotatable bonds is 4. The Morgan fingerprint density at radius 1 is 1.11 bits per heavy atom. The summed E-state index contributed by atoms with van der Waals surface area (Å²) in [5, 5.41) is 3.42.